The largest absolute Gasteiger partial charge is 0.384 e. The summed E-state index contributed by atoms with van der Waals surface area (Å²) in [7, 11) is -3.42. The Bertz CT molecular complexity index is 580. The second kappa shape index (κ2) is 6.37. The molecule has 0 spiro atoms. The highest BCUT2D eigenvalue weighted by atomic mass is 32.2. The van der Waals surface area contributed by atoms with Crippen molar-refractivity contribution in [1.82, 2.24) is 0 Å². The van der Waals surface area contributed by atoms with E-state index in [1.165, 1.54) is 12.1 Å². The molecule has 0 saturated heterocycles. The average Bonchev–Trinajstić information content (AvgIpc) is 2.38. The Balaban J connectivity index is 2.79. The number of sulfone groups is 1. The summed E-state index contributed by atoms with van der Waals surface area (Å²) >= 11 is 0. The Morgan fingerprint density at radius 1 is 1.40 bits per heavy atom. The first-order chi connectivity index (χ1) is 9.18. The zero-order chi connectivity index (χ0) is 15.4. The summed E-state index contributed by atoms with van der Waals surface area (Å²) in [5.74, 6) is -0.233. The van der Waals surface area contributed by atoms with Crippen molar-refractivity contribution in [2.75, 3.05) is 12.4 Å². The molecule has 0 radical (unpaired) electrons. The fourth-order valence-corrected chi connectivity index (χ4v) is 2.64. The fourth-order valence-electron chi connectivity index (χ4n) is 1.50. The molecule has 1 rings (SSSR count). The normalized spacial score (nSPS) is 12.3. The SMILES string of the molecule is CCC(C)(C)OCCS(=O)(=O)c1cccc(C(=N)N)c1. The van der Waals surface area contributed by atoms with E-state index in [1.54, 1.807) is 12.1 Å². The Hall–Kier alpha value is -1.40. The summed E-state index contributed by atoms with van der Waals surface area (Å²) in [5.41, 5.74) is 5.45. The zero-order valence-corrected chi connectivity index (χ0v) is 13.0. The van der Waals surface area contributed by atoms with Gasteiger partial charge in [0.05, 0.1) is 22.9 Å². The minimum Gasteiger partial charge on any atom is -0.384 e. The van der Waals surface area contributed by atoms with E-state index >= 15 is 0 Å². The number of nitrogens with two attached hydrogens (primary N) is 1. The molecule has 20 heavy (non-hydrogen) atoms. The summed E-state index contributed by atoms with van der Waals surface area (Å²) in [6.45, 7) is 5.99. The van der Waals surface area contributed by atoms with Crippen molar-refractivity contribution in [3.8, 4) is 0 Å². The average molecular weight is 298 g/mol. The molecule has 0 amide bonds. The Labute approximate surface area is 120 Å². The molecule has 112 valence electrons. The predicted molar refractivity (Wildman–Crippen MR) is 79.8 cm³/mol. The molecule has 0 aliphatic heterocycles. The quantitative estimate of drug-likeness (QED) is 0.594. The summed E-state index contributed by atoms with van der Waals surface area (Å²) in [6.07, 6.45) is 0.812. The Kier molecular flexibility index (Phi) is 5.30. The molecule has 0 bridgehead atoms. The van der Waals surface area contributed by atoms with Gasteiger partial charge in [-0.05, 0) is 32.4 Å². The van der Waals surface area contributed by atoms with Gasteiger partial charge in [0.1, 0.15) is 5.84 Å². The molecule has 0 heterocycles. The van der Waals surface area contributed by atoms with Crippen LogP contribution in [-0.4, -0.2) is 32.2 Å². The molecule has 5 nitrogen and oxygen atoms in total. The number of ether oxygens (including phenoxy) is 1. The highest BCUT2D eigenvalue weighted by Gasteiger charge is 2.19. The second-order valence-corrected chi connectivity index (χ2v) is 7.33. The van der Waals surface area contributed by atoms with Gasteiger partial charge in [0.2, 0.25) is 0 Å². The number of amidine groups is 1. The summed E-state index contributed by atoms with van der Waals surface area (Å²) in [4.78, 5) is 0.170. The molecule has 0 fully saturated rings. The van der Waals surface area contributed by atoms with Gasteiger partial charge in [-0.3, -0.25) is 5.41 Å². The number of hydrogen-bond donors (Lipinski definition) is 2. The number of benzene rings is 1. The van der Waals surface area contributed by atoms with Crippen molar-refractivity contribution in [3.63, 3.8) is 0 Å². The van der Waals surface area contributed by atoms with E-state index in [9.17, 15) is 8.42 Å². The van der Waals surface area contributed by atoms with E-state index in [1.807, 2.05) is 20.8 Å². The molecule has 3 N–H and O–H groups in total. The van der Waals surface area contributed by atoms with E-state index in [0.29, 0.717) is 5.56 Å². The lowest BCUT2D eigenvalue weighted by Gasteiger charge is -2.23. The minimum atomic E-state index is -3.42. The number of rotatable bonds is 7. The van der Waals surface area contributed by atoms with Crippen LogP contribution in [0.5, 0.6) is 0 Å². The summed E-state index contributed by atoms with van der Waals surface area (Å²) in [5, 5.41) is 7.34. The van der Waals surface area contributed by atoms with Crippen molar-refractivity contribution >= 4 is 15.7 Å². The van der Waals surface area contributed by atoms with Crippen LogP contribution in [0.3, 0.4) is 0 Å². The van der Waals surface area contributed by atoms with Gasteiger partial charge in [0.15, 0.2) is 9.84 Å². The molecular weight excluding hydrogens is 276 g/mol. The maximum absolute atomic E-state index is 12.2. The van der Waals surface area contributed by atoms with Gasteiger partial charge in [0.25, 0.3) is 0 Å². The van der Waals surface area contributed by atoms with Gasteiger partial charge >= 0.3 is 0 Å². The fraction of sp³-hybridized carbons (Fsp3) is 0.500. The van der Waals surface area contributed by atoms with Gasteiger partial charge in [0, 0.05) is 5.56 Å². The maximum Gasteiger partial charge on any atom is 0.180 e. The first-order valence-electron chi connectivity index (χ1n) is 6.49. The van der Waals surface area contributed by atoms with E-state index in [2.05, 4.69) is 0 Å². The smallest absolute Gasteiger partial charge is 0.180 e. The molecule has 0 saturated carbocycles. The Morgan fingerprint density at radius 3 is 2.60 bits per heavy atom. The van der Waals surface area contributed by atoms with Crippen LogP contribution in [-0.2, 0) is 14.6 Å². The summed E-state index contributed by atoms with van der Waals surface area (Å²) in [6, 6.07) is 6.12. The first-order valence-corrected chi connectivity index (χ1v) is 8.14. The molecule has 0 aliphatic carbocycles. The van der Waals surface area contributed by atoms with Crippen molar-refractivity contribution in [2.45, 2.75) is 37.7 Å². The van der Waals surface area contributed by atoms with Gasteiger partial charge in [-0.2, -0.15) is 0 Å². The van der Waals surface area contributed by atoms with E-state index in [-0.39, 0.29) is 28.7 Å². The third-order valence-electron chi connectivity index (χ3n) is 3.20. The van der Waals surface area contributed by atoms with Crippen LogP contribution < -0.4 is 5.73 Å². The molecular formula is C14H22N2O3S. The van der Waals surface area contributed by atoms with Gasteiger partial charge in [-0.1, -0.05) is 19.1 Å². The van der Waals surface area contributed by atoms with E-state index < -0.39 is 9.84 Å². The standard InChI is InChI=1S/C14H22N2O3S/c1-4-14(2,3)19-8-9-20(17,18)12-7-5-6-11(10-12)13(15)16/h5-7,10H,4,8-9H2,1-3H3,(H3,15,16). The molecule has 0 unspecified atom stereocenters. The van der Waals surface area contributed by atoms with Crippen LogP contribution in [0.1, 0.15) is 32.8 Å². The number of nitrogen functional groups attached to an aromatic ring is 1. The van der Waals surface area contributed by atoms with Crippen molar-refractivity contribution in [3.05, 3.63) is 29.8 Å². The van der Waals surface area contributed by atoms with Crippen LogP contribution in [0.15, 0.2) is 29.2 Å². The zero-order valence-electron chi connectivity index (χ0n) is 12.1. The second-order valence-electron chi connectivity index (χ2n) is 5.22. The van der Waals surface area contributed by atoms with Crippen molar-refractivity contribution < 1.29 is 13.2 Å². The molecule has 6 heteroatoms. The first kappa shape index (κ1) is 16.7. The molecule has 0 atom stereocenters. The van der Waals surface area contributed by atoms with Gasteiger partial charge in [-0.15, -0.1) is 0 Å². The summed E-state index contributed by atoms with van der Waals surface area (Å²) < 4.78 is 29.9. The van der Waals surface area contributed by atoms with Crippen LogP contribution in [0.2, 0.25) is 0 Å². The third kappa shape index (κ3) is 4.61. The third-order valence-corrected chi connectivity index (χ3v) is 4.88. The molecule has 1 aromatic carbocycles. The van der Waals surface area contributed by atoms with Crippen LogP contribution in [0.4, 0.5) is 0 Å². The van der Waals surface area contributed by atoms with Gasteiger partial charge < -0.3 is 10.5 Å². The monoisotopic (exact) mass is 298 g/mol. The molecule has 0 aliphatic rings. The van der Waals surface area contributed by atoms with Crippen molar-refractivity contribution in [1.29, 1.82) is 5.41 Å². The van der Waals surface area contributed by atoms with Crippen LogP contribution in [0.25, 0.3) is 0 Å². The van der Waals surface area contributed by atoms with Crippen LogP contribution >= 0.6 is 0 Å². The molecule has 0 aromatic heterocycles. The maximum atomic E-state index is 12.2. The lowest BCUT2D eigenvalue weighted by atomic mass is 10.1. The minimum absolute atomic E-state index is 0.0855. The van der Waals surface area contributed by atoms with E-state index in [4.69, 9.17) is 15.9 Å². The lowest BCUT2D eigenvalue weighted by Crippen LogP contribution is -2.26. The number of hydrogen-bond acceptors (Lipinski definition) is 4. The predicted octanol–water partition coefficient (Wildman–Crippen LogP) is 1.95. The lowest BCUT2D eigenvalue weighted by molar-refractivity contribution is -0.0114. The van der Waals surface area contributed by atoms with Crippen molar-refractivity contribution in [2.24, 2.45) is 5.73 Å². The Morgan fingerprint density at radius 2 is 2.05 bits per heavy atom. The molecule has 1 aromatic rings. The highest BCUT2D eigenvalue weighted by Crippen LogP contribution is 2.16. The highest BCUT2D eigenvalue weighted by molar-refractivity contribution is 7.91. The van der Waals surface area contributed by atoms with E-state index in [0.717, 1.165) is 6.42 Å². The number of nitrogens with one attached hydrogen (secondary N) is 1. The topological polar surface area (TPSA) is 93.2 Å². The van der Waals surface area contributed by atoms with Gasteiger partial charge in [-0.25, -0.2) is 8.42 Å². The van der Waals surface area contributed by atoms with Crippen LogP contribution in [0, 0.1) is 5.41 Å².